The van der Waals surface area contributed by atoms with Crippen molar-refractivity contribution < 1.29 is 13.2 Å². The third-order valence-electron chi connectivity index (χ3n) is 6.09. The van der Waals surface area contributed by atoms with Crippen molar-refractivity contribution in [2.24, 2.45) is 0 Å². The second-order valence-electron chi connectivity index (χ2n) is 8.54. The number of amides is 1. The lowest BCUT2D eigenvalue weighted by Gasteiger charge is -2.22. The fourth-order valence-corrected chi connectivity index (χ4v) is 6.61. The van der Waals surface area contributed by atoms with Crippen molar-refractivity contribution in [3.63, 3.8) is 0 Å². The number of fused-ring (bicyclic) bond motifs is 3. The Morgan fingerprint density at radius 3 is 2.35 bits per heavy atom. The van der Waals surface area contributed by atoms with Crippen LogP contribution in [0.2, 0.25) is 0 Å². The van der Waals surface area contributed by atoms with E-state index in [1.165, 1.54) is 33.9 Å². The number of unbranched alkanes of at least 4 members (excludes halogenated alkanes) is 2. The topological polar surface area (TPSA) is 79.4 Å². The SMILES string of the molecule is CCCCN(CCCC)S(=O)(=O)c1ccc(C(=O)Nc2nc3c(s2)CCc2ccccc2-3)cc1. The summed E-state index contributed by atoms with van der Waals surface area (Å²) >= 11 is 1.50. The van der Waals surface area contributed by atoms with E-state index in [2.05, 4.69) is 36.3 Å². The second kappa shape index (κ2) is 10.8. The Bertz CT molecular complexity index is 1240. The predicted octanol–water partition coefficient (Wildman–Crippen LogP) is 5.75. The average Bonchev–Trinajstić information content (AvgIpc) is 3.27. The molecule has 1 aliphatic rings. The van der Waals surface area contributed by atoms with Crippen LogP contribution < -0.4 is 5.32 Å². The van der Waals surface area contributed by atoms with Gasteiger partial charge in [0.1, 0.15) is 0 Å². The number of rotatable bonds is 10. The molecule has 0 saturated heterocycles. The molecule has 0 bridgehead atoms. The summed E-state index contributed by atoms with van der Waals surface area (Å²) in [6.07, 6.45) is 5.41. The van der Waals surface area contributed by atoms with Crippen molar-refractivity contribution >= 4 is 32.4 Å². The first-order valence-corrected chi connectivity index (χ1v) is 14.2. The molecule has 2 aromatic carbocycles. The zero-order valence-corrected chi connectivity index (χ0v) is 21.3. The van der Waals surface area contributed by atoms with E-state index in [4.69, 9.17) is 0 Å². The standard InChI is InChI=1S/C26H31N3O3S2/c1-3-5-17-29(18-6-4-2)34(31,32)21-14-11-20(12-15-21)25(30)28-26-27-24-22-10-8-7-9-19(22)13-16-23(24)33-26/h7-12,14-15H,3-6,13,16-18H2,1-2H3,(H,27,28,30). The lowest BCUT2D eigenvalue weighted by molar-refractivity contribution is 0.102. The van der Waals surface area contributed by atoms with E-state index in [0.29, 0.717) is 23.8 Å². The van der Waals surface area contributed by atoms with Gasteiger partial charge in [0.05, 0.1) is 10.6 Å². The largest absolute Gasteiger partial charge is 0.298 e. The Hall–Kier alpha value is -2.55. The number of anilines is 1. The van der Waals surface area contributed by atoms with Crippen LogP contribution in [0.4, 0.5) is 5.13 Å². The maximum atomic E-state index is 13.1. The molecule has 1 aliphatic carbocycles. The first-order valence-electron chi connectivity index (χ1n) is 11.9. The van der Waals surface area contributed by atoms with Crippen LogP contribution in [-0.2, 0) is 22.9 Å². The smallest absolute Gasteiger partial charge is 0.257 e. The molecule has 3 aromatic rings. The number of hydrogen-bond donors (Lipinski definition) is 1. The van der Waals surface area contributed by atoms with Gasteiger partial charge in [-0.15, -0.1) is 11.3 Å². The Morgan fingerprint density at radius 2 is 1.68 bits per heavy atom. The molecule has 0 saturated carbocycles. The van der Waals surface area contributed by atoms with Gasteiger partial charge in [0.15, 0.2) is 5.13 Å². The third kappa shape index (κ3) is 5.24. The van der Waals surface area contributed by atoms with E-state index >= 15 is 0 Å². The maximum absolute atomic E-state index is 13.1. The lowest BCUT2D eigenvalue weighted by Crippen LogP contribution is -2.33. The van der Waals surface area contributed by atoms with Gasteiger partial charge in [0.2, 0.25) is 10.0 Å². The number of nitrogens with zero attached hydrogens (tertiary/aromatic N) is 2. The van der Waals surface area contributed by atoms with Crippen LogP contribution >= 0.6 is 11.3 Å². The number of nitrogens with one attached hydrogen (secondary N) is 1. The quantitative estimate of drug-likeness (QED) is 0.387. The number of aryl methyl sites for hydroxylation is 2. The number of benzene rings is 2. The van der Waals surface area contributed by atoms with Gasteiger partial charge < -0.3 is 0 Å². The van der Waals surface area contributed by atoms with Gasteiger partial charge in [0.25, 0.3) is 5.91 Å². The number of sulfonamides is 1. The van der Waals surface area contributed by atoms with E-state index < -0.39 is 10.0 Å². The summed E-state index contributed by atoms with van der Waals surface area (Å²) in [4.78, 5) is 18.9. The molecule has 0 atom stereocenters. The van der Waals surface area contributed by atoms with Gasteiger partial charge >= 0.3 is 0 Å². The Morgan fingerprint density at radius 1 is 1.00 bits per heavy atom. The minimum Gasteiger partial charge on any atom is -0.298 e. The molecule has 1 heterocycles. The van der Waals surface area contributed by atoms with E-state index in [1.54, 1.807) is 16.4 Å². The van der Waals surface area contributed by atoms with Crippen LogP contribution in [-0.4, -0.2) is 36.7 Å². The highest BCUT2D eigenvalue weighted by atomic mass is 32.2. The zero-order valence-electron chi connectivity index (χ0n) is 19.7. The third-order valence-corrected chi connectivity index (χ3v) is 9.03. The summed E-state index contributed by atoms with van der Waals surface area (Å²) in [5, 5.41) is 3.46. The average molecular weight is 498 g/mol. The first-order chi connectivity index (χ1) is 16.4. The monoisotopic (exact) mass is 497 g/mol. The Kier molecular flexibility index (Phi) is 7.80. The van der Waals surface area contributed by atoms with Crippen LogP contribution in [0.25, 0.3) is 11.3 Å². The van der Waals surface area contributed by atoms with Crippen LogP contribution in [0.1, 0.15) is 60.3 Å². The molecule has 0 fully saturated rings. The van der Waals surface area contributed by atoms with Crippen LogP contribution in [0, 0.1) is 0 Å². The predicted molar refractivity (Wildman–Crippen MR) is 138 cm³/mol. The number of carbonyl (C=O) groups is 1. The molecule has 34 heavy (non-hydrogen) atoms. The first kappa shape index (κ1) is 24.6. The summed E-state index contributed by atoms with van der Waals surface area (Å²) in [5.74, 6) is -0.294. The summed E-state index contributed by atoms with van der Waals surface area (Å²) in [6, 6.07) is 14.4. The summed E-state index contributed by atoms with van der Waals surface area (Å²) < 4.78 is 27.9. The van der Waals surface area contributed by atoms with Gasteiger partial charge in [0, 0.05) is 29.1 Å². The van der Waals surface area contributed by atoms with Gasteiger partial charge in [-0.25, -0.2) is 13.4 Å². The summed E-state index contributed by atoms with van der Waals surface area (Å²) in [5.41, 5.74) is 3.76. The van der Waals surface area contributed by atoms with Crippen LogP contribution in [0.15, 0.2) is 53.4 Å². The normalized spacial score (nSPS) is 12.9. The maximum Gasteiger partial charge on any atom is 0.257 e. The van der Waals surface area contributed by atoms with Crippen molar-refractivity contribution in [2.45, 2.75) is 57.3 Å². The van der Waals surface area contributed by atoms with Crippen molar-refractivity contribution in [1.82, 2.24) is 9.29 Å². The molecule has 180 valence electrons. The van der Waals surface area contributed by atoms with E-state index in [-0.39, 0.29) is 10.8 Å². The summed E-state index contributed by atoms with van der Waals surface area (Å²) in [6.45, 7) is 5.13. The van der Waals surface area contributed by atoms with E-state index in [1.807, 2.05) is 12.1 Å². The van der Waals surface area contributed by atoms with Gasteiger partial charge in [-0.1, -0.05) is 51.0 Å². The molecule has 1 amide bonds. The second-order valence-corrected chi connectivity index (χ2v) is 11.6. The number of thiazole rings is 1. The fraction of sp³-hybridized carbons (Fsp3) is 0.385. The molecule has 1 N–H and O–H groups in total. The summed E-state index contributed by atoms with van der Waals surface area (Å²) in [7, 11) is -3.59. The molecular formula is C26H31N3O3S2. The number of aromatic nitrogens is 1. The highest BCUT2D eigenvalue weighted by Crippen LogP contribution is 2.38. The molecule has 4 rings (SSSR count). The van der Waals surface area contributed by atoms with E-state index in [0.717, 1.165) is 49.8 Å². The molecule has 8 heteroatoms. The highest BCUT2D eigenvalue weighted by molar-refractivity contribution is 7.89. The molecule has 1 aromatic heterocycles. The molecule has 6 nitrogen and oxygen atoms in total. The Labute approximate surface area is 206 Å². The highest BCUT2D eigenvalue weighted by Gasteiger charge is 2.24. The molecule has 0 radical (unpaired) electrons. The fourth-order valence-electron chi connectivity index (χ4n) is 4.12. The zero-order chi connectivity index (χ0) is 24.1. The van der Waals surface area contributed by atoms with Crippen LogP contribution in [0.3, 0.4) is 0 Å². The van der Waals surface area contributed by atoms with Gasteiger partial charge in [-0.3, -0.25) is 10.1 Å². The van der Waals surface area contributed by atoms with Crippen molar-refractivity contribution in [2.75, 3.05) is 18.4 Å². The van der Waals surface area contributed by atoms with Crippen molar-refractivity contribution in [1.29, 1.82) is 0 Å². The Balaban J connectivity index is 1.48. The van der Waals surface area contributed by atoms with Crippen molar-refractivity contribution in [3.8, 4) is 11.3 Å². The van der Waals surface area contributed by atoms with Crippen LogP contribution in [0.5, 0.6) is 0 Å². The van der Waals surface area contributed by atoms with Crippen molar-refractivity contribution in [3.05, 3.63) is 64.5 Å². The number of hydrogen-bond acceptors (Lipinski definition) is 5. The molecular weight excluding hydrogens is 466 g/mol. The minimum atomic E-state index is -3.59. The molecule has 0 spiro atoms. The molecule has 0 unspecified atom stereocenters. The van der Waals surface area contributed by atoms with E-state index in [9.17, 15) is 13.2 Å². The van der Waals surface area contributed by atoms with Gasteiger partial charge in [-0.05, 0) is 55.5 Å². The van der Waals surface area contributed by atoms with Gasteiger partial charge in [-0.2, -0.15) is 4.31 Å². The lowest BCUT2D eigenvalue weighted by atomic mass is 9.94. The minimum absolute atomic E-state index is 0.220. The molecule has 0 aliphatic heterocycles. The number of carbonyl (C=O) groups excluding carboxylic acids is 1.